The minimum Gasteiger partial charge on any atom is -0.446 e. The second kappa shape index (κ2) is 3.19. The van der Waals surface area contributed by atoms with Crippen molar-refractivity contribution in [1.82, 2.24) is 0 Å². The molecule has 4 nitrogen and oxygen atoms in total. The number of ether oxygens (including phenoxy) is 1. The summed E-state index contributed by atoms with van der Waals surface area (Å²) in [4.78, 5) is 10.0. The maximum Gasteiger partial charge on any atom is 0.294 e. The molecular formula is C7H14N2O2. The van der Waals surface area contributed by atoms with Crippen molar-refractivity contribution in [3.8, 4) is 0 Å². The summed E-state index contributed by atoms with van der Waals surface area (Å²) in [5.74, 6) is 0. The van der Waals surface area contributed by atoms with Crippen LogP contribution in [-0.4, -0.2) is 18.2 Å². The Morgan fingerprint density at radius 1 is 1.64 bits per heavy atom. The molecule has 4 N–H and O–H groups in total. The highest BCUT2D eigenvalue weighted by Gasteiger charge is 2.32. The number of carbonyl (C=O) groups is 1. The van der Waals surface area contributed by atoms with E-state index >= 15 is 0 Å². The molecule has 1 aliphatic carbocycles. The summed E-state index contributed by atoms with van der Waals surface area (Å²) in [6.45, 7) is 0.401. The fourth-order valence-corrected chi connectivity index (χ4v) is 1.51. The Hall–Kier alpha value is -0.610. The summed E-state index contributed by atoms with van der Waals surface area (Å²) < 4.78 is 4.76. The van der Waals surface area contributed by atoms with Crippen LogP contribution >= 0.6 is 0 Å². The van der Waals surface area contributed by atoms with E-state index in [2.05, 4.69) is 0 Å². The molecule has 0 aromatic carbocycles. The Bertz CT molecular complexity index is 151. The molecule has 0 amide bonds. The van der Waals surface area contributed by atoms with Crippen molar-refractivity contribution in [3.63, 3.8) is 0 Å². The SMILES string of the molecule is NC1CCCC(N)(OC=O)C1. The van der Waals surface area contributed by atoms with Crippen molar-refractivity contribution in [1.29, 1.82) is 0 Å². The molecule has 2 atom stereocenters. The number of nitrogens with two attached hydrogens (primary N) is 2. The molecule has 1 aliphatic rings. The third-order valence-corrected chi connectivity index (χ3v) is 2.07. The lowest BCUT2D eigenvalue weighted by Crippen LogP contribution is -2.50. The molecule has 0 heterocycles. The first-order valence-corrected chi connectivity index (χ1v) is 3.82. The van der Waals surface area contributed by atoms with Gasteiger partial charge >= 0.3 is 0 Å². The van der Waals surface area contributed by atoms with Crippen LogP contribution in [0.2, 0.25) is 0 Å². The van der Waals surface area contributed by atoms with Crippen molar-refractivity contribution in [2.75, 3.05) is 0 Å². The molecule has 4 heteroatoms. The van der Waals surface area contributed by atoms with E-state index in [4.69, 9.17) is 16.2 Å². The second-order valence-electron chi connectivity index (χ2n) is 3.14. The van der Waals surface area contributed by atoms with Crippen LogP contribution in [0.3, 0.4) is 0 Å². The highest BCUT2D eigenvalue weighted by Crippen LogP contribution is 2.25. The van der Waals surface area contributed by atoms with E-state index in [0.29, 0.717) is 12.9 Å². The average Bonchev–Trinajstić information content (AvgIpc) is 1.86. The zero-order valence-corrected chi connectivity index (χ0v) is 6.45. The lowest BCUT2D eigenvalue weighted by molar-refractivity contribution is -0.146. The highest BCUT2D eigenvalue weighted by atomic mass is 16.5. The van der Waals surface area contributed by atoms with E-state index in [1.54, 1.807) is 0 Å². The predicted octanol–water partition coefficient (Wildman–Crippen LogP) is -0.284. The maximum atomic E-state index is 10.0. The minimum atomic E-state index is -0.792. The predicted molar refractivity (Wildman–Crippen MR) is 40.5 cm³/mol. The van der Waals surface area contributed by atoms with Gasteiger partial charge < -0.3 is 10.5 Å². The monoisotopic (exact) mass is 158 g/mol. The van der Waals surface area contributed by atoms with Gasteiger partial charge in [-0.05, 0) is 12.8 Å². The molecule has 0 radical (unpaired) electrons. The standard InChI is InChI=1S/C7H14N2O2/c8-6-2-1-3-7(9,4-6)11-5-10/h5-6H,1-4,8-9H2. The van der Waals surface area contributed by atoms with Crippen LogP contribution in [0.15, 0.2) is 0 Å². The van der Waals surface area contributed by atoms with E-state index in [1.807, 2.05) is 0 Å². The van der Waals surface area contributed by atoms with Gasteiger partial charge in [0.25, 0.3) is 6.47 Å². The van der Waals surface area contributed by atoms with Gasteiger partial charge in [-0.1, -0.05) is 0 Å². The topological polar surface area (TPSA) is 78.3 Å². The summed E-state index contributed by atoms with van der Waals surface area (Å²) in [6.07, 6.45) is 3.21. The van der Waals surface area contributed by atoms with Crippen LogP contribution in [0.4, 0.5) is 0 Å². The summed E-state index contributed by atoms with van der Waals surface area (Å²) >= 11 is 0. The number of rotatable bonds is 2. The molecule has 0 spiro atoms. The lowest BCUT2D eigenvalue weighted by atomic mass is 9.89. The summed E-state index contributed by atoms with van der Waals surface area (Å²) in [7, 11) is 0. The molecule has 0 aromatic rings. The molecule has 1 saturated carbocycles. The smallest absolute Gasteiger partial charge is 0.294 e. The van der Waals surface area contributed by atoms with Crippen molar-refractivity contribution >= 4 is 6.47 Å². The summed E-state index contributed by atoms with van der Waals surface area (Å²) in [5.41, 5.74) is 10.6. The van der Waals surface area contributed by atoms with Gasteiger partial charge in [0.1, 0.15) is 0 Å². The molecule has 2 unspecified atom stereocenters. The normalized spacial score (nSPS) is 38.2. The minimum absolute atomic E-state index is 0.0775. The number of hydrogen-bond donors (Lipinski definition) is 2. The van der Waals surface area contributed by atoms with Crippen molar-refractivity contribution in [2.24, 2.45) is 11.5 Å². The fourth-order valence-electron chi connectivity index (χ4n) is 1.51. The molecular weight excluding hydrogens is 144 g/mol. The first kappa shape index (κ1) is 8.49. The third kappa shape index (κ3) is 2.17. The molecule has 64 valence electrons. The maximum absolute atomic E-state index is 10.0. The Balaban J connectivity index is 2.47. The van der Waals surface area contributed by atoms with Crippen LogP contribution in [0.1, 0.15) is 25.7 Å². The van der Waals surface area contributed by atoms with Crippen LogP contribution < -0.4 is 11.5 Å². The molecule has 1 fully saturated rings. The second-order valence-corrected chi connectivity index (χ2v) is 3.14. The van der Waals surface area contributed by atoms with Crippen LogP contribution in [0, 0.1) is 0 Å². The molecule has 1 rings (SSSR count). The van der Waals surface area contributed by atoms with Crippen LogP contribution in [0.25, 0.3) is 0 Å². The fraction of sp³-hybridized carbons (Fsp3) is 0.857. The van der Waals surface area contributed by atoms with E-state index in [9.17, 15) is 4.79 Å². The van der Waals surface area contributed by atoms with Gasteiger partial charge in [-0.3, -0.25) is 10.5 Å². The molecule has 0 bridgehead atoms. The van der Waals surface area contributed by atoms with E-state index in [0.717, 1.165) is 19.3 Å². The van der Waals surface area contributed by atoms with E-state index < -0.39 is 5.72 Å². The quantitative estimate of drug-likeness (QED) is 0.428. The molecule has 0 aromatic heterocycles. The van der Waals surface area contributed by atoms with Gasteiger partial charge in [0.2, 0.25) is 0 Å². The Morgan fingerprint density at radius 2 is 2.36 bits per heavy atom. The summed E-state index contributed by atoms with van der Waals surface area (Å²) in [5, 5.41) is 0. The van der Waals surface area contributed by atoms with Gasteiger partial charge in [-0.2, -0.15) is 0 Å². The zero-order valence-electron chi connectivity index (χ0n) is 6.45. The first-order valence-electron chi connectivity index (χ1n) is 3.82. The Labute approximate surface area is 65.9 Å². The first-order chi connectivity index (χ1) is 5.16. The lowest BCUT2D eigenvalue weighted by Gasteiger charge is -2.34. The van der Waals surface area contributed by atoms with Crippen LogP contribution in [-0.2, 0) is 9.53 Å². The Kier molecular flexibility index (Phi) is 2.46. The van der Waals surface area contributed by atoms with Crippen molar-refractivity contribution < 1.29 is 9.53 Å². The van der Waals surface area contributed by atoms with Crippen molar-refractivity contribution in [3.05, 3.63) is 0 Å². The largest absolute Gasteiger partial charge is 0.446 e. The average molecular weight is 158 g/mol. The van der Waals surface area contributed by atoms with Gasteiger partial charge in [0, 0.05) is 18.9 Å². The zero-order chi connectivity index (χ0) is 8.32. The van der Waals surface area contributed by atoms with Crippen molar-refractivity contribution in [2.45, 2.75) is 37.5 Å². The van der Waals surface area contributed by atoms with Gasteiger partial charge in [-0.15, -0.1) is 0 Å². The third-order valence-electron chi connectivity index (χ3n) is 2.07. The number of hydrogen-bond acceptors (Lipinski definition) is 4. The van der Waals surface area contributed by atoms with Gasteiger partial charge in [0.05, 0.1) is 0 Å². The van der Waals surface area contributed by atoms with E-state index in [1.165, 1.54) is 0 Å². The molecule has 11 heavy (non-hydrogen) atoms. The van der Waals surface area contributed by atoms with Gasteiger partial charge in [0.15, 0.2) is 5.72 Å². The molecule has 0 aliphatic heterocycles. The van der Waals surface area contributed by atoms with E-state index in [-0.39, 0.29) is 6.04 Å². The van der Waals surface area contributed by atoms with Gasteiger partial charge in [-0.25, -0.2) is 0 Å². The Morgan fingerprint density at radius 3 is 2.91 bits per heavy atom. The summed E-state index contributed by atoms with van der Waals surface area (Å²) in [6, 6.07) is 0.0775. The van der Waals surface area contributed by atoms with Crippen LogP contribution in [0.5, 0.6) is 0 Å². The number of carbonyl (C=O) groups excluding carboxylic acids is 1. The highest BCUT2D eigenvalue weighted by molar-refractivity contribution is 5.38. The molecule has 0 saturated heterocycles.